The standard InChI is InChI=1S/C16H22N4OS/c1-4-11-6-5-7-20(8-11)16(21)14-13(17)12-9(2)10(3)18-19-15(12)22-14/h11H,4-8,17H2,1-3H3. The van der Waals surface area contributed by atoms with Gasteiger partial charge in [0.1, 0.15) is 9.71 Å². The molecule has 2 aromatic rings. The van der Waals surface area contributed by atoms with E-state index in [-0.39, 0.29) is 5.91 Å². The predicted molar refractivity (Wildman–Crippen MR) is 90.2 cm³/mol. The van der Waals surface area contributed by atoms with Crippen molar-refractivity contribution >= 4 is 33.1 Å². The molecule has 1 saturated heterocycles. The summed E-state index contributed by atoms with van der Waals surface area (Å²) >= 11 is 1.37. The molecule has 1 atom stereocenters. The average Bonchev–Trinajstić information content (AvgIpc) is 2.88. The Labute approximate surface area is 134 Å². The normalized spacial score (nSPS) is 18.9. The topological polar surface area (TPSA) is 72.1 Å². The SMILES string of the molecule is CCC1CCCN(C(=O)c2sc3nnc(C)c(C)c3c2N)C1. The molecule has 0 aromatic carbocycles. The van der Waals surface area contributed by atoms with Crippen LogP contribution in [0.25, 0.3) is 10.2 Å². The van der Waals surface area contributed by atoms with Crippen LogP contribution in [0.3, 0.4) is 0 Å². The number of carbonyl (C=O) groups excluding carboxylic acids is 1. The van der Waals surface area contributed by atoms with Crippen molar-refractivity contribution in [3.8, 4) is 0 Å². The van der Waals surface area contributed by atoms with E-state index in [1.54, 1.807) is 0 Å². The molecule has 1 fully saturated rings. The Hall–Kier alpha value is -1.69. The van der Waals surface area contributed by atoms with Gasteiger partial charge < -0.3 is 10.6 Å². The summed E-state index contributed by atoms with van der Waals surface area (Å²) < 4.78 is 0. The van der Waals surface area contributed by atoms with Gasteiger partial charge in [-0.05, 0) is 38.2 Å². The molecule has 1 aliphatic rings. The molecule has 0 aliphatic carbocycles. The first-order valence-electron chi connectivity index (χ1n) is 7.84. The third-order valence-electron chi connectivity index (χ3n) is 4.71. The fourth-order valence-electron chi connectivity index (χ4n) is 3.13. The fraction of sp³-hybridized carbons (Fsp3) is 0.562. The molecule has 0 saturated carbocycles. The number of piperidine rings is 1. The highest BCUT2D eigenvalue weighted by Crippen LogP contribution is 2.36. The van der Waals surface area contributed by atoms with E-state index in [1.165, 1.54) is 17.8 Å². The van der Waals surface area contributed by atoms with Gasteiger partial charge in [-0.25, -0.2) is 0 Å². The maximum atomic E-state index is 12.9. The van der Waals surface area contributed by atoms with Crippen LogP contribution >= 0.6 is 11.3 Å². The first-order chi connectivity index (χ1) is 10.5. The van der Waals surface area contributed by atoms with Crippen molar-refractivity contribution in [2.45, 2.75) is 40.0 Å². The van der Waals surface area contributed by atoms with Crippen LogP contribution in [0.4, 0.5) is 5.69 Å². The van der Waals surface area contributed by atoms with Crippen LogP contribution in [0.5, 0.6) is 0 Å². The van der Waals surface area contributed by atoms with Crippen molar-refractivity contribution in [1.82, 2.24) is 15.1 Å². The molecule has 3 rings (SSSR count). The molecule has 0 spiro atoms. The van der Waals surface area contributed by atoms with Gasteiger partial charge in [0.05, 0.1) is 11.4 Å². The molecule has 1 amide bonds. The Morgan fingerprint density at radius 3 is 2.91 bits per heavy atom. The lowest BCUT2D eigenvalue weighted by atomic mass is 9.95. The number of aryl methyl sites for hydroxylation is 2. The molecular weight excluding hydrogens is 296 g/mol. The van der Waals surface area contributed by atoms with Crippen molar-refractivity contribution in [2.75, 3.05) is 18.8 Å². The number of carbonyl (C=O) groups is 1. The van der Waals surface area contributed by atoms with Crippen LogP contribution in [0.15, 0.2) is 0 Å². The lowest BCUT2D eigenvalue weighted by Crippen LogP contribution is -2.39. The van der Waals surface area contributed by atoms with E-state index in [9.17, 15) is 4.79 Å². The molecule has 1 aliphatic heterocycles. The highest BCUT2D eigenvalue weighted by molar-refractivity contribution is 7.21. The highest BCUT2D eigenvalue weighted by Gasteiger charge is 2.27. The molecule has 3 heterocycles. The predicted octanol–water partition coefficient (Wildman–Crippen LogP) is 3.15. The molecule has 2 N–H and O–H groups in total. The highest BCUT2D eigenvalue weighted by atomic mass is 32.1. The summed E-state index contributed by atoms with van der Waals surface area (Å²) in [5, 5.41) is 9.23. The van der Waals surface area contributed by atoms with Crippen LogP contribution < -0.4 is 5.73 Å². The number of hydrogen-bond donors (Lipinski definition) is 1. The summed E-state index contributed by atoms with van der Waals surface area (Å²) in [4.78, 5) is 16.2. The molecule has 6 heteroatoms. The van der Waals surface area contributed by atoms with E-state index < -0.39 is 0 Å². The molecule has 0 bridgehead atoms. The van der Waals surface area contributed by atoms with Crippen LogP contribution in [0.2, 0.25) is 0 Å². The van der Waals surface area contributed by atoms with Gasteiger partial charge in [0, 0.05) is 18.5 Å². The third-order valence-corrected chi connectivity index (χ3v) is 5.79. The Kier molecular flexibility index (Phi) is 4.04. The summed E-state index contributed by atoms with van der Waals surface area (Å²) in [6.07, 6.45) is 3.41. The second-order valence-corrected chi connectivity index (χ2v) is 7.10. The zero-order chi connectivity index (χ0) is 15.9. The number of likely N-dealkylation sites (tertiary alicyclic amines) is 1. The van der Waals surface area contributed by atoms with Crippen molar-refractivity contribution in [3.05, 3.63) is 16.1 Å². The Bertz CT molecular complexity index is 724. The Balaban J connectivity index is 1.98. The lowest BCUT2D eigenvalue weighted by molar-refractivity contribution is 0.0677. The molecule has 0 radical (unpaired) electrons. The number of amides is 1. The van der Waals surface area contributed by atoms with E-state index >= 15 is 0 Å². The number of nitrogens with zero attached hydrogens (tertiary/aromatic N) is 3. The monoisotopic (exact) mass is 318 g/mol. The Morgan fingerprint density at radius 1 is 1.41 bits per heavy atom. The van der Waals surface area contributed by atoms with Crippen molar-refractivity contribution in [2.24, 2.45) is 5.92 Å². The summed E-state index contributed by atoms with van der Waals surface area (Å²) in [7, 11) is 0. The van der Waals surface area contributed by atoms with E-state index in [0.717, 1.165) is 47.4 Å². The maximum Gasteiger partial charge on any atom is 0.266 e. The largest absolute Gasteiger partial charge is 0.397 e. The van der Waals surface area contributed by atoms with Crippen molar-refractivity contribution in [3.63, 3.8) is 0 Å². The number of aromatic nitrogens is 2. The number of nitrogen functional groups attached to an aromatic ring is 1. The number of anilines is 1. The van der Waals surface area contributed by atoms with Gasteiger partial charge in [-0.2, -0.15) is 5.10 Å². The molecule has 118 valence electrons. The van der Waals surface area contributed by atoms with Crippen LogP contribution in [0.1, 0.15) is 47.1 Å². The number of fused-ring (bicyclic) bond motifs is 1. The number of rotatable bonds is 2. The van der Waals surface area contributed by atoms with Gasteiger partial charge in [0.2, 0.25) is 0 Å². The number of hydrogen-bond acceptors (Lipinski definition) is 5. The lowest BCUT2D eigenvalue weighted by Gasteiger charge is -2.32. The van der Waals surface area contributed by atoms with E-state index in [1.807, 2.05) is 18.7 Å². The van der Waals surface area contributed by atoms with Gasteiger partial charge in [-0.15, -0.1) is 16.4 Å². The zero-order valence-corrected chi connectivity index (χ0v) is 14.2. The first-order valence-corrected chi connectivity index (χ1v) is 8.65. The average molecular weight is 318 g/mol. The Morgan fingerprint density at radius 2 is 2.18 bits per heavy atom. The summed E-state index contributed by atoms with van der Waals surface area (Å²) in [5.74, 6) is 0.660. The molecule has 22 heavy (non-hydrogen) atoms. The second kappa shape index (κ2) is 5.83. The third kappa shape index (κ3) is 2.45. The minimum absolute atomic E-state index is 0.0516. The van der Waals surface area contributed by atoms with Crippen molar-refractivity contribution < 1.29 is 4.79 Å². The van der Waals surface area contributed by atoms with E-state index in [0.29, 0.717) is 16.5 Å². The quantitative estimate of drug-likeness (QED) is 0.923. The van der Waals surface area contributed by atoms with Crippen molar-refractivity contribution in [1.29, 1.82) is 0 Å². The van der Waals surface area contributed by atoms with Gasteiger partial charge in [0.25, 0.3) is 5.91 Å². The van der Waals surface area contributed by atoms with Crippen LogP contribution in [-0.2, 0) is 0 Å². The molecule has 5 nitrogen and oxygen atoms in total. The number of nitrogens with two attached hydrogens (primary N) is 1. The molecule has 2 aromatic heterocycles. The second-order valence-electron chi connectivity index (χ2n) is 6.10. The molecule has 1 unspecified atom stereocenters. The van der Waals surface area contributed by atoms with Gasteiger partial charge >= 0.3 is 0 Å². The van der Waals surface area contributed by atoms with Gasteiger partial charge in [-0.1, -0.05) is 13.3 Å². The first kappa shape index (κ1) is 15.2. The molecular formula is C16H22N4OS. The van der Waals surface area contributed by atoms with E-state index in [2.05, 4.69) is 17.1 Å². The van der Waals surface area contributed by atoms with Crippen LogP contribution in [-0.4, -0.2) is 34.1 Å². The summed E-state index contributed by atoms with van der Waals surface area (Å²) in [5.41, 5.74) is 8.72. The van der Waals surface area contributed by atoms with E-state index in [4.69, 9.17) is 5.73 Å². The minimum atomic E-state index is 0.0516. The minimum Gasteiger partial charge on any atom is -0.397 e. The zero-order valence-electron chi connectivity index (χ0n) is 13.3. The van der Waals surface area contributed by atoms with Crippen LogP contribution in [0, 0.1) is 19.8 Å². The van der Waals surface area contributed by atoms with Gasteiger partial charge in [-0.3, -0.25) is 4.79 Å². The van der Waals surface area contributed by atoms with Gasteiger partial charge in [0.15, 0.2) is 0 Å². The fourth-order valence-corrected chi connectivity index (χ4v) is 4.19. The number of thiophene rings is 1. The maximum absolute atomic E-state index is 12.9. The summed E-state index contributed by atoms with van der Waals surface area (Å²) in [6, 6.07) is 0. The smallest absolute Gasteiger partial charge is 0.266 e. The summed E-state index contributed by atoms with van der Waals surface area (Å²) in [6.45, 7) is 7.75.